The van der Waals surface area contributed by atoms with Gasteiger partial charge in [0, 0.05) is 50.1 Å². The summed E-state index contributed by atoms with van der Waals surface area (Å²) >= 11 is 0. The van der Waals surface area contributed by atoms with E-state index in [0.717, 1.165) is 47.9 Å². The Morgan fingerprint density at radius 3 is 2.68 bits per heavy atom. The van der Waals surface area contributed by atoms with Gasteiger partial charge in [0.1, 0.15) is 11.6 Å². The van der Waals surface area contributed by atoms with Gasteiger partial charge in [-0.3, -0.25) is 4.79 Å². The molecule has 0 amide bonds. The summed E-state index contributed by atoms with van der Waals surface area (Å²) in [7, 11) is 0. The van der Waals surface area contributed by atoms with Gasteiger partial charge in [-0.05, 0) is 44.2 Å². The zero-order valence-corrected chi connectivity index (χ0v) is 16.7. The number of rotatable bonds is 6. The molecular formula is C21H28N6O. The second-order valence-electron chi connectivity index (χ2n) is 7.32. The third-order valence-corrected chi connectivity index (χ3v) is 5.47. The second kappa shape index (κ2) is 8.04. The Labute approximate surface area is 165 Å². The quantitative estimate of drug-likeness (QED) is 0.712. The van der Waals surface area contributed by atoms with Crippen molar-refractivity contribution in [2.45, 2.75) is 52.6 Å². The third-order valence-electron chi connectivity index (χ3n) is 5.47. The first kappa shape index (κ1) is 18.5. The summed E-state index contributed by atoms with van der Waals surface area (Å²) in [5, 5.41) is 8.01. The Kier molecular flexibility index (Phi) is 5.32. The first-order valence-corrected chi connectivity index (χ1v) is 10.3. The highest BCUT2D eigenvalue weighted by Gasteiger charge is 2.17. The van der Waals surface area contributed by atoms with E-state index in [4.69, 9.17) is 4.98 Å². The smallest absolute Gasteiger partial charge is 0.250 e. The van der Waals surface area contributed by atoms with Crippen molar-refractivity contribution >= 4 is 17.3 Å². The molecule has 1 aliphatic rings. The molecule has 4 rings (SSSR count). The van der Waals surface area contributed by atoms with Gasteiger partial charge in [-0.25, -0.2) is 4.98 Å². The lowest BCUT2D eigenvalue weighted by molar-refractivity contribution is 0.573. The minimum atomic E-state index is 0.0306. The molecule has 0 spiro atoms. The Bertz CT molecular complexity index is 1020. The highest BCUT2D eigenvalue weighted by Crippen LogP contribution is 2.24. The van der Waals surface area contributed by atoms with Crippen LogP contribution in [-0.4, -0.2) is 32.3 Å². The van der Waals surface area contributed by atoms with Gasteiger partial charge < -0.3 is 14.8 Å². The normalized spacial score (nSPS) is 14.6. The van der Waals surface area contributed by atoms with E-state index >= 15 is 0 Å². The van der Waals surface area contributed by atoms with Gasteiger partial charge in [0.05, 0.1) is 6.20 Å². The summed E-state index contributed by atoms with van der Waals surface area (Å²) in [6.07, 6.45) is 8.36. The molecule has 7 nitrogen and oxygen atoms in total. The molecule has 3 aromatic heterocycles. The van der Waals surface area contributed by atoms with Crippen LogP contribution in [0.15, 0.2) is 35.4 Å². The van der Waals surface area contributed by atoms with Crippen molar-refractivity contribution in [2.75, 3.05) is 23.3 Å². The van der Waals surface area contributed by atoms with Crippen molar-refractivity contribution in [3.8, 4) is 0 Å². The van der Waals surface area contributed by atoms with E-state index in [2.05, 4.69) is 28.3 Å². The number of hydrogen-bond donors (Lipinski definition) is 1. The first-order chi connectivity index (χ1) is 13.7. The molecule has 1 aliphatic heterocycles. The molecule has 0 aromatic carbocycles. The molecule has 148 valence electrons. The number of piperidine rings is 1. The van der Waals surface area contributed by atoms with E-state index in [1.54, 1.807) is 10.6 Å². The van der Waals surface area contributed by atoms with Crippen LogP contribution in [0.1, 0.15) is 44.2 Å². The molecular weight excluding hydrogens is 352 g/mol. The van der Waals surface area contributed by atoms with E-state index in [1.165, 1.54) is 19.3 Å². The minimum absolute atomic E-state index is 0.0306. The molecule has 28 heavy (non-hydrogen) atoms. The fourth-order valence-corrected chi connectivity index (χ4v) is 3.77. The largest absolute Gasteiger partial charge is 0.366 e. The molecule has 1 saturated heterocycles. The number of fused-ring (bicyclic) bond motifs is 1. The van der Waals surface area contributed by atoms with E-state index in [-0.39, 0.29) is 5.56 Å². The summed E-state index contributed by atoms with van der Waals surface area (Å²) in [5.41, 5.74) is 3.05. The van der Waals surface area contributed by atoms with Crippen molar-refractivity contribution in [3.63, 3.8) is 0 Å². The Balaban J connectivity index is 1.65. The molecule has 3 aromatic rings. The molecule has 0 saturated carbocycles. The van der Waals surface area contributed by atoms with Crippen LogP contribution in [0.2, 0.25) is 0 Å². The molecule has 1 N–H and O–H groups in total. The predicted molar refractivity (Wildman–Crippen MR) is 112 cm³/mol. The summed E-state index contributed by atoms with van der Waals surface area (Å²) in [5.74, 6) is 1.91. The van der Waals surface area contributed by atoms with Gasteiger partial charge in [0.25, 0.3) is 5.56 Å². The zero-order valence-electron chi connectivity index (χ0n) is 16.7. The average molecular weight is 380 g/mol. The maximum Gasteiger partial charge on any atom is 0.250 e. The number of anilines is 2. The number of nitrogens with zero attached hydrogens (tertiary/aromatic N) is 5. The van der Waals surface area contributed by atoms with Crippen LogP contribution in [0.4, 0.5) is 11.6 Å². The maximum atomic E-state index is 12.1. The zero-order chi connectivity index (χ0) is 19.5. The molecule has 0 bridgehead atoms. The van der Waals surface area contributed by atoms with Crippen LogP contribution >= 0.6 is 0 Å². The van der Waals surface area contributed by atoms with Crippen molar-refractivity contribution < 1.29 is 0 Å². The first-order valence-electron chi connectivity index (χ1n) is 10.3. The van der Waals surface area contributed by atoms with Crippen LogP contribution in [0.3, 0.4) is 0 Å². The number of nitrogens with one attached hydrogen (secondary N) is 1. The van der Waals surface area contributed by atoms with Crippen LogP contribution in [0.5, 0.6) is 0 Å². The lowest BCUT2D eigenvalue weighted by atomic mass is 10.1. The van der Waals surface area contributed by atoms with Gasteiger partial charge in [0.2, 0.25) is 0 Å². The molecule has 0 aliphatic carbocycles. The molecule has 0 unspecified atom stereocenters. The van der Waals surface area contributed by atoms with Crippen LogP contribution in [-0.2, 0) is 19.5 Å². The summed E-state index contributed by atoms with van der Waals surface area (Å²) < 4.78 is 3.57. The monoisotopic (exact) mass is 380 g/mol. The van der Waals surface area contributed by atoms with Crippen LogP contribution in [0.25, 0.3) is 5.65 Å². The lowest BCUT2D eigenvalue weighted by Crippen LogP contribution is -2.30. The highest BCUT2D eigenvalue weighted by molar-refractivity contribution is 5.61. The highest BCUT2D eigenvalue weighted by atomic mass is 16.1. The topological polar surface area (TPSA) is 67.5 Å². The van der Waals surface area contributed by atoms with Crippen molar-refractivity contribution in [3.05, 3.63) is 52.1 Å². The Morgan fingerprint density at radius 1 is 1.14 bits per heavy atom. The molecule has 1 fully saturated rings. The number of pyridine rings is 1. The number of aryl methyl sites for hydroxylation is 2. The average Bonchev–Trinajstić information content (AvgIpc) is 3.16. The standard InChI is InChI=1S/C21H28N6O/c1-3-17-15-23-27-18(22-14-16-8-11-25(4-2)20(28)12-16)13-19(24-21(17)27)26-9-6-5-7-10-26/h8,11-13,15,22H,3-7,9-10,14H2,1-2H3. The number of hydrogen-bond acceptors (Lipinski definition) is 5. The molecule has 0 atom stereocenters. The lowest BCUT2D eigenvalue weighted by Gasteiger charge is -2.28. The van der Waals surface area contributed by atoms with Crippen molar-refractivity contribution in [1.82, 2.24) is 19.2 Å². The van der Waals surface area contributed by atoms with Gasteiger partial charge >= 0.3 is 0 Å². The van der Waals surface area contributed by atoms with Gasteiger partial charge in [-0.2, -0.15) is 9.61 Å². The second-order valence-corrected chi connectivity index (χ2v) is 7.32. The van der Waals surface area contributed by atoms with E-state index in [9.17, 15) is 4.79 Å². The van der Waals surface area contributed by atoms with E-state index < -0.39 is 0 Å². The van der Waals surface area contributed by atoms with E-state index in [0.29, 0.717) is 13.1 Å². The maximum absolute atomic E-state index is 12.1. The fraction of sp³-hybridized carbons (Fsp3) is 0.476. The van der Waals surface area contributed by atoms with Crippen LogP contribution in [0, 0.1) is 0 Å². The van der Waals surface area contributed by atoms with Gasteiger partial charge in [-0.1, -0.05) is 6.92 Å². The third kappa shape index (κ3) is 3.61. The summed E-state index contributed by atoms with van der Waals surface area (Å²) in [4.78, 5) is 19.4. The van der Waals surface area contributed by atoms with Crippen molar-refractivity contribution in [2.24, 2.45) is 0 Å². The van der Waals surface area contributed by atoms with Gasteiger partial charge in [-0.15, -0.1) is 0 Å². The molecule has 7 heteroatoms. The molecule has 0 radical (unpaired) electrons. The summed E-state index contributed by atoms with van der Waals surface area (Å²) in [6.45, 7) is 7.45. The SMILES string of the molecule is CCc1cnn2c(NCc3ccn(CC)c(=O)c3)cc(N3CCCCC3)nc12. The Hall–Kier alpha value is -2.83. The molecule has 4 heterocycles. The summed E-state index contributed by atoms with van der Waals surface area (Å²) in [6, 6.07) is 5.77. The fourth-order valence-electron chi connectivity index (χ4n) is 3.77. The van der Waals surface area contributed by atoms with Gasteiger partial charge in [0.15, 0.2) is 5.65 Å². The van der Waals surface area contributed by atoms with Crippen molar-refractivity contribution in [1.29, 1.82) is 0 Å². The van der Waals surface area contributed by atoms with Crippen LogP contribution < -0.4 is 15.8 Å². The predicted octanol–water partition coefficient (Wildman–Crippen LogP) is 3.08. The van der Waals surface area contributed by atoms with E-state index in [1.807, 2.05) is 29.9 Å². The minimum Gasteiger partial charge on any atom is -0.366 e. The number of aromatic nitrogens is 4. The Morgan fingerprint density at radius 2 is 1.96 bits per heavy atom.